The molecule has 43 heteroatoms. The van der Waals surface area contributed by atoms with Gasteiger partial charge in [-0.1, -0.05) is 0 Å². The molecular weight excluding hydrogens is 1760 g/mol. The summed E-state index contributed by atoms with van der Waals surface area (Å²) in [6, 6.07) is 1.96. The molecule has 0 aliphatic carbocycles. The molecule has 0 aromatic carbocycles. The van der Waals surface area contributed by atoms with Crippen molar-refractivity contribution < 1.29 is 74.8 Å². The number of anilines is 3. The first-order valence-electron chi connectivity index (χ1n) is 45.0. The van der Waals surface area contributed by atoms with Crippen LogP contribution in [0.15, 0.2) is 112 Å². The van der Waals surface area contributed by atoms with E-state index in [1.165, 1.54) is 61.2 Å². The third kappa shape index (κ3) is 23.2. The van der Waals surface area contributed by atoms with Crippen LogP contribution in [0.5, 0.6) is 0 Å². The summed E-state index contributed by atoms with van der Waals surface area (Å²) < 4.78 is 123. The lowest BCUT2D eigenvalue weighted by molar-refractivity contribution is -0.191. The van der Waals surface area contributed by atoms with Gasteiger partial charge in [0.05, 0.1) is 97.4 Å². The largest absolute Gasteiger partial charge is 0.433 e. The van der Waals surface area contributed by atoms with Gasteiger partial charge >= 0.3 is 35.0 Å². The fraction of sp³-hybridized carbons (Fsp3) is 0.685. The molecule has 7 aromatic heterocycles. The number of aromatic amines is 4. The van der Waals surface area contributed by atoms with Crippen LogP contribution >= 0.6 is 0 Å². The summed E-state index contributed by atoms with van der Waals surface area (Å²) in [6.07, 6.45) is 3.34. The van der Waals surface area contributed by atoms with Crippen molar-refractivity contribution in [1.29, 1.82) is 0 Å². The van der Waals surface area contributed by atoms with Crippen LogP contribution in [0.1, 0.15) is 219 Å². The number of fused-ring (bicyclic) bond motifs is 8. The number of hydrogen-bond acceptors (Lipinski definition) is 30. The molecule has 15 rings (SSSR count). The molecule has 8 bridgehead atoms. The number of amides is 2. The Hall–Kier alpha value is -10.1. The number of nitrogens with one attached hydrogen (secondary N) is 4. The molecule has 15 heterocycles. The van der Waals surface area contributed by atoms with Gasteiger partial charge in [0.1, 0.15) is 88.8 Å². The molecule has 8 aliphatic heterocycles. The Morgan fingerprint density at radius 2 is 0.696 bits per heavy atom. The Balaban J connectivity index is 0.000000162. The van der Waals surface area contributed by atoms with Crippen LogP contribution in [-0.4, -0.2) is 266 Å². The monoisotopic (exact) mass is 1900 g/mol. The molecule has 8 saturated heterocycles. The highest BCUT2D eigenvalue weighted by molar-refractivity contribution is 5.75. The smallest absolute Gasteiger partial charge is 0.373 e. The van der Waals surface area contributed by atoms with E-state index in [2.05, 4.69) is 54.7 Å². The number of alkyl halides is 3. The number of carbonyl (C=O) groups is 1. The maximum Gasteiger partial charge on any atom is 0.433 e. The highest BCUT2D eigenvalue weighted by atomic mass is 19.4. The first-order valence-corrected chi connectivity index (χ1v) is 45.0. The van der Waals surface area contributed by atoms with Crippen molar-refractivity contribution in [3.63, 3.8) is 0 Å². The summed E-state index contributed by atoms with van der Waals surface area (Å²) >= 11 is 0. The van der Waals surface area contributed by atoms with Crippen LogP contribution in [0.3, 0.4) is 0 Å². The Kier molecular flexibility index (Phi) is 28.7. The molecule has 16 atom stereocenters. The number of morpholine rings is 4. The van der Waals surface area contributed by atoms with Gasteiger partial charge in [0, 0.05) is 85.9 Å². The van der Waals surface area contributed by atoms with Crippen molar-refractivity contribution in [3.8, 4) is 0 Å². The summed E-state index contributed by atoms with van der Waals surface area (Å²) in [5.74, 6) is 1.05. The van der Waals surface area contributed by atoms with Crippen LogP contribution < -0.4 is 59.7 Å². The number of urea groups is 1. The number of aryl methyl sites for hydroxylation is 4. The van der Waals surface area contributed by atoms with Gasteiger partial charge in [-0.2, -0.15) is 13.2 Å². The lowest BCUT2D eigenvalue weighted by Crippen LogP contribution is -2.54. The number of H-pyrrole nitrogens is 4. The number of nitrogens with zero attached hydrogens (tertiary/aromatic N) is 15. The highest BCUT2D eigenvalue weighted by Crippen LogP contribution is 2.55. The predicted octanol–water partition coefficient (Wildman–Crippen LogP) is 7.87. The van der Waals surface area contributed by atoms with Crippen LogP contribution in [0.25, 0.3) is 0 Å². The van der Waals surface area contributed by atoms with Gasteiger partial charge in [0.2, 0.25) is 11.9 Å². The standard InChI is InChI=1S/C24H32F3N5O5.2C23H33N5O5.C22H36N4O6/c1-13-10-31(20(34)30-17(13)33)18-15-16(36-22(5,6)7)23(37-18,12-35-21(2,3)4)11-32(15)19-28-9-8-14(29-19)24(25,26)27;1-14-10-27(20(30)26-18(14)29)19-16-17(32-22(5,6)7)23(33-19,12-31-21(2,3)4)11-28(16)15-8-9-24-13-25-15;1-14-11-27(20(30)26-17(14)29)18-15-16(32-22(5,6)7)23(33-18,13-31-21(2,3)4)12-28(15)19-24-9-8-10-25-19;1-13-10-25(18(28)23-16(13)27)17-14-15(31-21(5,6)7)22(32-17,12-30-20(2,3)4)11-26(14)19(29)24(8)9/h8-10,15-16,18H,11-12H2,1-7H3,(H,30,33,34);8-10,13,16-17,19H,11-12H2,1-7H3,(H,26,29,30);8-11,15-16,18H,12-13H2,1-7H3,(H,26,29,30);10,14-15,17H,11-12H2,1-9H3,(H,23,27,28)/t15-,16+,18-,23-;16-,17+,19-,23-;15-,16+,18-,23-;14-,15+,17-,22-/m1111/s1. The lowest BCUT2D eigenvalue weighted by Gasteiger charge is -2.39. The van der Waals surface area contributed by atoms with Crippen molar-refractivity contribution in [3.05, 3.63) is 185 Å². The summed E-state index contributed by atoms with van der Waals surface area (Å²) in [6.45, 7) is 55.0. The fourth-order valence-corrected chi connectivity index (χ4v) is 17.6. The predicted molar refractivity (Wildman–Crippen MR) is 491 cm³/mol. The molecule has 0 radical (unpaired) electrons. The quantitative estimate of drug-likeness (QED) is 0.0598. The van der Waals surface area contributed by atoms with Crippen LogP contribution in [0.4, 0.5) is 35.7 Å². The summed E-state index contributed by atoms with van der Waals surface area (Å²) in [5.41, 5.74) is -11.7. The zero-order chi connectivity index (χ0) is 100. The first kappa shape index (κ1) is 104. The third-order valence-corrected chi connectivity index (χ3v) is 23.2. The summed E-state index contributed by atoms with van der Waals surface area (Å²) in [5, 5.41) is 0. The van der Waals surface area contributed by atoms with Crippen molar-refractivity contribution in [1.82, 2.24) is 77.9 Å². The number of halogens is 3. The van der Waals surface area contributed by atoms with E-state index in [0.29, 0.717) is 41.5 Å². The molecule has 0 spiro atoms. The normalized spacial score (nSPS) is 27.1. The Bertz CT molecular complexity index is 5750. The number of likely N-dealkylation sites (tertiary alicyclic amines) is 1. The average Bonchev–Trinajstić information content (AvgIpc) is 1.56. The average molecular weight is 1900 g/mol. The van der Waals surface area contributed by atoms with E-state index < -0.39 is 192 Å². The zero-order valence-corrected chi connectivity index (χ0v) is 82.9. The molecule has 8 aliphatic rings. The van der Waals surface area contributed by atoms with Crippen molar-refractivity contribution in [2.24, 2.45) is 0 Å². The maximum absolute atomic E-state index is 13.5. The van der Waals surface area contributed by atoms with Crippen LogP contribution in [0.2, 0.25) is 0 Å². The molecule has 40 nitrogen and oxygen atoms in total. The maximum atomic E-state index is 13.5. The second kappa shape index (κ2) is 37.4. The van der Waals surface area contributed by atoms with Gasteiger partial charge in [-0.05, 0) is 212 Å². The van der Waals surface area contributed by atoms with Crippen molar-refractivity contribution >= 4 is 23.7 Å². The SMILES string of the molecule is Cc1cn([C@@H]2O[C@@]3(COC(C)(C)C)CN(C(=O)N(C)C)[C@@H]2[C@@H]3OC(C)(C)C)c(=O)[nH]c1=O.Cc1cn([C@@H]2O[C@@]3(COC(C)(C)C)CN(c4ccncn4)[C@@H]2[C@@H]3OC(C)(C)C)c(=O)[nH]c1=O.Cc1cn([C@@H]2O[C@@]3(COC(C)(C)C)CN(c4nccc(C(F)(F)F)n4)[C@@H]2[C@@H]3OC(C)(C)C)c(=O)[nH]c1=O.Cc1cn([C@@H]2O[C@@]3(COC(C)(C)C)CN(c4ncccn4)[C@@H]2[C@@H]3OC(C)(C)C)c(=O)[nH]c1=O. The number of aromatic nitrogens is 14. The van der Waals surface area contributed by atoms with Gasteiger partial charge in [-0.25, -0.2) is 53.9 Å². The third-order valence-electron chi connectivity index (χ3n) is 23.2. The summed E-state index contributed by atoms with van der Waals surface area (Å²) in [7, 11) is 3.36. The Labute approximate surface area is 780 Å². The van der Waals surface area contributed by atoms with Gasteiger partial charge in [-0.15, -0.1) is 0 Å². The zero-order valence-electron chi connectivity index (χ0n) is 82.9. The molecule has 4 N–H and O–H groups in total. The second-order valence-corrected chi connectivity index (χ2v) is 43.9. The number of hydrogen-bond donors (Lipinski definition) is 4. The number of rotatable bonds is 19. The van der Waals surface area contributed by atoms with E-state index in [9.17, 15) is 56.3 Å². The van der Waals surface area contributed by atoms with Gasteiger partial charge < -0.3 is 81.3 Å². The Morgan fingerprint density at radius 3 is 1.00 bits per heavy atom. The topological polar surface area (TPSA) is 441 Å². The van der Waals surface area contributed by atoms with Gasteiger partial charge in [0.15, 0.2) is 24.9 Å². The van der Waals surface area contributed by atoms with E-state index >= 15 is 0 Å². The highest BCUT2D eigenvalue weighted by Gasteiger charge is 2.72. The fourth-order valence-electron chi connectivity index (χ4n) is 17.6. The number of carbonyl (C=O) groups excluding carboxylic acids is 1. The Morgan fingerprint density at radius 1 is 0.400 bits per heavy atom. The number of ether oxygens (including phenoxy) is 12. The van der Waals surface area contributed by atoms with E-state index in [0.717, 1.165) is 12.3 Å². The van der Waals surface area contributed by atoms with E-state index in [1.54, 1.807) is 69.3 Å². The molecule has 0 unspecified atom stereocenters. The minimum Gasteiger partial charge on any atom is -0.373 e. The molecule has 0 saturated carbocycles. The minimum absolute atomic E-state index is 0.0246. The molecule has 2 amide bonds. The summed E-state index contributed by atoms with van der Waals surface area (Å²) in [4.78, 5) is 156. The van der Waals surface area contributed by atoms with Crippen molar-refractivity contribution in [2.75, 3.05) is 81.4 Å². The molecular formula is C92H134F3N19O21. The van der Waals surface area contributed by atoms with Crippen LogP contribution in [0, 0.1) is 27.7 Å². The molecule has 744 valence electrons. The second-order valence-electron chi connectivity index (χ2n) is 43.9. The van der Waals surface area contributed by atoms with E-state index in [1.807, 2.05) is 177 Å². The first-order chi connectivity index (χ1) is 62.0. The van der Waals surface area contributed by atoms with Gasteiger partial charge in [-0.3, -0.25) is 57.4 Å². The van der Waals surface area contributed by atoms with Crippen LogP contribution in [-0.2, 0) is 63.0 Å². The van der Waals surface area contributed by atoms with Gasteiger partial charge in [0.25, 0.3) is 22.2 Å². The molecule has 135 heavy (non-hydrogen) atoms. The molecule has 7 aromatic rings. The molecule has 8 fully saturated rings. The van der Waals surface area contributed by atoms with Crippen molar-refractivity contribution in [2.45, 2.75) is 341 Å². The van der Waals surface area contributed by atoms with E-state index in [-0.39, 0.29) is 63.1 Å². The minimum atomic E-state index is -4.67. The van der Waals surface area contributed by atoms with E-state index in [4.69, 9.17) is 56.8 Å². The lowest BCUT2D eigenvalue weighted by atomic mass is 9.98.